The molecule has 3 heterocycles. The van der Waals surface area contributed by atoms with E-state index in [4.69, 9.17) is 10.5 Å². The zero-order valence-electron chi connectivity index (χ0n) is 15.3. The molecule has 2 amide bonds. The minimum absolute atomic E-state index is 0.270. The van der Waals surface area contributed by atoms with Crippen molar-refractivity contribution in [3.63, 3.8) is 0 Å². The highest BCUT2D eigenvalue weighted by atomic mass is 16.5. The molecule has 0 spiro atoms. The molecular weight excluding hydrogens is 348 g/mol. The third-order valence-electron chi connectivity index (χ3n) is 5.39. The van der Waals surface area contributed by atoms with E-state index in [1.165, 1.54) is 6.33 Å². The van der Waals surface area contributed by atoms with Gasteiger partial charge in [0, 0.05) is 32.5 Å². The number of nitrogens with two attached hydrogens (primary N) is 1. The molecule has 2 aromatic rings. The molecular formula is C18H22N6O3. The molecule has 0 aliphatic carbocycles. The third kappa shape index (κ3) is 2.79. The fourth-order valence-corrected chi connectivity index (χ4v) is 4.11. The van der Waals surface area contributed by atoms with E-state index in [-0.39, 0.29) is 11.8 Å². The largest absolute Gasteiger partial charge is 0.468 e. The topological polar surface area (TPSA) is 115 Å². The number of aryl methyl sites for hydroxylation is 1. The van der Waals surface area contributed by atoms with Crippen molar-refractivity contribution in [2.24, 2.45) is 18.7 Å². The average molecular weight is 370 g/mol. The van der Waals surface area contributed by atoms with E-state index in [0.717, 1.165) is 5.56 Å². The maximum Gasteiger partial charge on any atom is 0.238 e. The molecule has 2 aliphatic heterocycles. The van der Waals surface area contributed by atoms with E-state index in [9.17, 15) is 9.59 Å². The molecule has 9 heteroatoms. The number of aromatic nitrogens is 3. The van der Waals surface area contributed by atoms with Crippen molar-refractivity contribution in [3.05, 3.63) is 36.2 Å². The molecule has 1 aromatic carbocycles. The van der Waals surface area contributed by atoms with Crippen LogP contribution in [0.25, 0.3) is 0 Å². The monoisotopic (exact) mass is 370 g/mol. The Hall–Kier alpha value is -3.10. The van der Waals surface area contributed by atoms with Crippen LogP contribution in [0.4, 0.5) is 5.95 Å². The van der Waals surface area contributed by atoms with Gasteiger partial charge in [0.1, 0.15) is 18.0 Å². The number of hydrogen-bond acceptors (Lipinski definition) is 6. The number of piperidine rings is 1. The van der Waals surface area contributed by atoms with Crippen molar-refractivity contribution in [1.82, 2.24) is 19.7 Å². The summed E-state index contributed by atoms with van der Waals surface area (Å²) in [5.41, 5.74) is 5.65. The van der Waals surface area contributed by atoms with Gasteiger partial charge in [-0.25, -0.2) is 4.68 Å². The van der Waals surface area contributed by atoms with Crippen LogP contribution in [0.3, 0.4) is 0 Å². The Labute approximate surface area is 156 Å². The van der Waals surface area contributed by atoms with Crippen LogP contribution in [0.2, 0.25) is 0 Å². The summed E-state index contributed by atoms with van der Waals surface area (Å²) in [7, 11) is 1.78. The van der Waals surface area contributed by atoms with Crippen molar-refractivity contribution in [1.29, 1.82) is 0 Å². The van der Waals surface area contributed by atoms with E-state index in [2.05, 4.69) is 15.4 Å². The second-order valence-corrected chi connectivity index (χ2v) is 7.13. The summed E-state index contributed by atoms with van der Waals surface area (Å²) in [5.74, 6) is -0.763. The lowest BCUT2D eigenvalue weighted by Gasteiger charge is -2.52. The Morgan fingerprint density at radius 1 is 1.44 bits per heavy atom. The fourth-order valence-electron chi connectivity index (χ4n) is 4.11. The number of carbonyl (C=O) groups is 2. The first kappa shape index (κ1) is 17.3. The molecule has 142 valence electrons. The van der Waals surface area contributed by atoms with Gasteiger partial charge in [0.05, 0.1) is 0 Å². The van der Waals surface area contributed by atoms with Crippen LogP contribution < -0.4 is 15.8 Å². The highest BCUT2D eigenvalue weighted by Gasteiger charge is 2.55. The number of carbonyl (C=O) groups excluding carboxylic acids is 2. The second kappa shape index (κ2) is 6.26. The fraction of sp³-hybridized carbons (Fsp3) is 0.444. The number of amides is 2. The molecule has 3 N–H and O–H groups in total. The van der Waals surface area contributed by atoms with Crippen LogP contribution >= 0.6 is 0 Å². The van der Waals surface area contributed by atoms with Gasteiger partial charge in [-0.3, -0.25) is 9.59 Å². The quantitative estimate of drug-likeness (QED) is 0.739. The second-order valence-electron chi connectivity index (χ2n) is 7.13. The Morgan fingerprint density at radius 2 is 2.22 bits per heavy atom. The highest BCUT2D eigenvalue weighted by Crippen LogP contribution is 2.49. The van der Waals surface area contributed by atoms with Crippen molar-refractivity contribution in [3.8, 4) is 5.75 Å². The van der Waals surface area contributed by atoms with Crippen LogP contribution in [-0.2, 0) is 16.6 Å². The first-order chi connectivity index (χ1) is 12.9. The number of ether oxygens (including phenoxy) is 1. The molecule has 0 saturated carbocycles. The number of fused-ring (bicyclic) bond motifs is 4. The summed E-state index contributed by atoms with van der Waals surface area (Å²) >= 11 is 0. The van der Waals surface area contributed by atoms with Crippen LogP contribution in [0, 0.1) is 5.92 Å². The summed E-state index contributed by atoms with van der Waals surface area (Å²) < 4.78 is 7.81. The van der Waals surface area contributed by atoms with Crippen LogP contribution in [0.1, 0.15) is 24.8 Å². The number of hydrogen-bond donors (Lipinski definition) is 2. The maximum absolute atomic E-state index is 13.1. The molecule has 1 saturated heterocycles. The molecule has 9 nitrogen and oxygen atoms in total. The molecule has 0 radical (unpaired) electrons. The number of anilines is 1. The van der Waals surface area contributed by atoms with Crippen molar-refractivity contribution < 1.29 is 14.3 Å². The summed E-state index contributed by atoms with van der Waals surface area (Å²) in [6.45, 7) is 2.67. The lowest BCUT2D eigenvalue weighted by Crippen LogP contribution is -2.65. The van der Waals surface area contributed by atoms with Gasteiger partial charge >= 0.3 is 0 Å². The molecule has 2 aliphatic rings. The standard InChI is InChI=1S/C18H22N6O3/c1-18-9-12(11-5-3-4-6-13(11)27-18)14(15(19)25)16(26)24(18)8-7-20-17-21-10-22-23(17)2/h3-6,10,12,14H,7-9H2,1-2H3,(H2,19,25)(H,20,21,22)/t12-,14-,18+/m0/s1. The normalized spacial score (nSPS) is 26.3. The van der Waals surface area contributed by atoms with Gasteiger partial charge in [0.25, 0.3) is 0 Å². The van der Waals surface area contributed by atoms with Crippen LogP contribution in [0.5, 0.6) is 5.75 Å². The number of nitrogens with one attached hydrogen (secondary N) is 1. The van der Waals surface area contributed by atoms with Gasteiger partial charge < -0.3 is 20.7 Å². The SMILES string of the molecule is Cn1ncnc1NCCN1C(=O)[C@H](C(N)=O)[C@H]2C[C@@]1(C)Oc1ccccc12. The van der Waals surface area contributed by atoms with Gasteiger partial charge in [-0.05, 0) is 18.6 Å². The van der Waals surface area contributed by atoms with Gasteiger partial charge in [-0.2, -0.15) is 10.1 Å². The first-order valence-corrected chi connectivity index (χ1v) is 8.87. The number of para-hydroxylation sites is 1. The predicted molar refractivity (Wildman–Crippen MR) is 96.7 cm³/mol. The molecule has 2 bridgehead atoms. The maximum atomic E-state index is 13.1. The minimum Gasteiger partial charge on any atom is -0.468 e. The zero-order valence-corrected chi connectivity index (χ0v) is 15.3. The first-order valence-electron chi connectivity index (χ1n) is 8.87. The number of benzene rings is 1. The predicted octanol–water partition coefficient (Wildman–Crippen LogP) is 0.453. The highest BCUT2D eigenvalue weighted by molar-refractivity contribution is 6.01. The van der Waals surface area contributed by atoms with Gasteiger partial charge in [-0.15, -0.1) is 0 Å². The summed E-state index contributed by atoms with van der Waals surface area (Å²) in [4.78, 5) is 31.0. The van der Waals surface area contributed by atoms with E-state index < -0.39 is 17.6 Å². The number of nitrogens with zero attached hydrogens (tertiary/aromatic N) is 4. The Kier molecular flexibility index (Phi) is 4.01. The molecule has 1 fully saturated rings. The average Bonchev–Trinajstić information content (AvgIpc) is 3.02. The van der Waals surface area contributed by atoms with Crippen molar-refractivity contribution in [2.45, 2.75) is 25.0 Å². The molecule has 0 unspecified atom stereocenters. The van der Waals surface area contributed by atoms with Crippen LogP contribution in [0.15, 0.2) is 30.6 Å². The molecule has 3 atom stereocenters. The van der Waals surface area contributed by atoms with Crippen LogP contribution in [-0.4, -0.2) is 50.3 Å². The smallest absolute Gasteiger partial charge is 0.238 e. The number of primary amides is 1. The van der Waals surface area contributed by atoms with Crippen molar-refractivity contribution >= 4 is 17.8 Å². The van der Waals surface area contributed by atoms with Gasteiger partial charge in [0.2, 0.25) is 17.8 Å². The lowest BCUT2D eigenvalue weighted by atomic mass is 9.73. The Morgan fingerprint density at radius 3 is 2.93 bits per heavy atom. The Bertz CT molecular complexity index is 897. The van der Waals surface area contributed by atoms with E-state index >= 15 is 0 Å². The molecule has 27 heavy (non-hydrogen) atoms. The van der Waals surface area contributed by atoms with E-state index in [0.29, 0.717) is 31.2 Å². The zero-order chi connectivity index (χ0) is 19.2. The van der Waals surface area contributed by atoms with E-state index in [1.54, 1.807) is 16.6 Å². The third-order valence-corrected chi connectivity index (χ3v) is 5.39. The van der Waals surface area contributed by atoms with Crippen molar-refractivity contribution in [2.75, 3.05) is 18.4 Å². The summed E-state index contributed by atoms with van der Waals surface area (Å²) in [5, 5.41) is 7.14. The Balaban J connectivity index is 1.61. The summed E-state index contributed by atoms with van der Waals surface area (Å²) in [6, 6.07) is 7.52. The van der Waals surface area contributed by atoms with Gasteiger partial charge in [-0.1, -0.05) is 18.2 Å². The summed E-state index contributed by atoms with van der Waals surface area (Å²) in [6.07, 6.45) is 1.97. The minimum atomic E-state index is -0.891. The molecule has 4 rings (SSSR count). The number of likely N-dealkylation sites (tertiary alicyclic amines) is 1. The number of rotatable bonds is 5. The lowest BCUT2D eigenvalue weighted by molar-refractivity contribution is -0.174. The molecule has 1 aromatic heterocycles. The van der Waals surface area contributed by atoms with E-state index in [1.807, 2.05) is 31.2 Å². The van der Waals surface area contributed by atoms with Gasteiger partial charge in [0.15, 0.2) is 5.72 Å².